The molecule has 0 radical (unpaired) electrons. The summed E-state index contributed by atoms with van der Waals surface area (Å²) in [6.45, 7) is 1.04. The van der Waals surface area contributed by atoms with Gasteiger partial charge in [0.05, 0.1) is 16.6 Å². The Bertz CT molecular complexity index is 893. The molecule has 1 fully saturated rings. The van der Waals surface area contributed by atoms with Gasteiger partial charge in [-0.05, 0) is 24.3 Å². The first-order chi connectivity index (χ1) is 12.2. The Hall–Kier alpha value is -2.93. The lowest BCUT2D eigenvalue weighted by Gasteiger charge is -2.36. The second-order valence-corrected chi connectivity index (χ2v) is 6.12. The number of halogens is 1. The van der Waals surface area contributed by atoms with Crippen LogP contribution in [-0.4, -0.2) is 39.1 Å². The van der Waals surface area contributed by atoms with E-state index in [0.717, 1.165) is 5.56 Å². The number of hydrogen-bond acceptors (Lipinski definition) is 5. The van der Waals surface area contributed by atoms with Crippen LogP contribution in [0.5, 0.6) is 0 Å². The van der Waals surface area contributed by atoms with Crippen molar-refractivity contribution in [2.75, 3.05) is 18.4 Å². The summed E-state index contributed by atoms with van der Waals surface area (Å²) < 4.78 is 5.32. The van der Waals surface area contributed by atoms with Crippen LogP contribution in [-0.2, 0) is 0 Å². The van der Waals surface area contributed by atoms with Gasteiger partial charge in [0.1, 0.15) is 0 Å². The zero-order chi connectivity index (χ0) is 17.2. The van der Waals surface area contributed by atoms with Crippen molar-refractivity contribution in [2.45, 2.75) is 5.92 Å². The highest BCUT2D eigenvalue weighted by molar-refractivity contribution is 6.33. The fourth-order valence-electron chi connectivity index (χ4n) is 2.57. The maximum atomic E-state index is 12.2. The largest absolute Gasteiger partial charge is 0.339 e. The van der Waals surface area contributed by atoms with Gasteiger partial charge in [0.2, 0.25) is 11.7 Å². The molecule has 3 aromatic rings. The quantitative estimate of drug-likeness (QED) is 0.778. The van der Waals surface area contributed by atoms with Crippen LogP contribution in [0.4, 0.5) is 10.5 Å². The number of likely N-dealkylation sites (tertiary alicyclic amines) is 1. The SMILES string of the molecule is O=C(Nc1ccccc1Cl)N1CC(c2nc(-c3cccnc3)no2)C1. The number of anilines is 1. The highest BCUT2D eigenvalue weighted by Crippen LogP contribution is 2.29. The van der Waals surface area contributed by atoms with Gasteiger partial charge in [-0.3, -0.25) is 4.98 Å². The number of carbonyl (C=O) groups excluding carboxylic acids is 1. The number of benzene rings is 1. The number of nitrogens with one attached hydrogen (secondary N) is 1. The minimum atomic E-state index is -0.198. The van der Waals surface area contributed by atoms with Gasteiger partial charge in [-0.1, -0.05) is 28.9 Å². The Balaban J connectivity index is 1.37. The van der Waals surface area contributed by atoms with Crippen LogP contribution in [0.2, 0.25) is 5.02 Å². The number of hydrogen-bond donors (Lipinski definition) is 1. The van der Waals surface area contributed by atoms with Gasteiger partial charge >= 0.3 is 6.03 Å². The number of para-hydroxylation sites is 1. The highest BCUT2D eigenvalue weighted by atomic mass is 35.5. The van der Waals surface area contributed by atoms with Crippen LogP contribution in [0.3, 0.4) is 0 Å². The molecule has 0 aliphatic carbocycles. The van der Waals surface area contributed by atoms with Crippen molar-refractivity contribution in [2.24, 2.45) is 0 Å². The predicted molar refractivity (Wildman–Crippen MR) is 92.3 cm³/mol. The monoisotopic (exact) mass is 355 g/mol. The molecule has 1 aromatic carbocycles. The molecule has 1 aliphatic heterocycles. The molecule has 7 nitrogen and oxygen atoms in total. The average molecular weight is 356 g/mol. The maximum absolute atomic E-state index is 12.2. The molecule has 0 spiro atoms. The molecule has 126 valence electrons. The molecule has 0 unspecified atom stereocenters. The molecule has 4 rings (SSSR count). The van der Waals surface area contributed by atoms with Gasteiger partial charge in [-0.2, -0.15) is 4.98 Å². The van der Waals surface area contributed by atoms with Gasteiger partial charge < -0.3 is 14.7 Å². The Morgan fingerprint density at radius 1 is 1.24 bits per heavy atom. The maximum Gasteiger partial charge on any atom is 0.321 e. The molecule has 0 saturated carbocycles. The number of pyridine rings is 1. The molecule has 1 N–H and O–H groups in total. The molecule has 1 saturated heterocycles. The molecule has 25 heavy (non-hydrogen) atoms. The van der Waals surface area contributed by atoms with Gasteiger partial charge in [-0.15, -0.1) is 0 Å². The van der Waals surface area contributed by atoms with Crippen molar-refractivity contribution in [1.29, 1.82) is 0 Å². The number of rotatable bonds is 3. The normalized spacial score (nSPS) is 14.2. The lowest BCUT2D eigenvalue weighted by Crippen LogP contribution is -2.50. The molecule has 2 aromatic heterocycles. The summed E-state index contributed by atoms with van der Waals surface area (Å²) in [6.07, 6.45) is 3.37. The van der Waals surface area contributed by atoms with Crippen LogP contribution in [0.1, 0.15) is 11.8 Å². The topological polar surface area (TPSA) is 84.2 Å². The van der Waals surface area contributed by atoms with Crippen LogP contribution in [0.15, 0.2) is 53.3 Å². The summed E-state index contributed by atoms with van der Waals surface area (Å²) >= 11 is 6.05. The van der Waals surface area contributed by atoms with E-state index in [9.17, 15) is 4.79 Å². The Morgan fingerprint density at radius 2 is 2.08 bits per heavy atom. The van der Waals surface area contributed by atoms with E-state index in [-0.39, 0.29) is 11.9 Å². The third-order valence-electron chi connectivity index (χ3n) is 3.99. The van der Waals surface area contributed by atoms with Gasteiger partial charge in [0, 0.05) is 31.0 Å². The van der Waals surface area contributed by atoms with Crippen molar-refractivity contribution in [3.05, 3.63) is 59.7 Å². The standard InChI is InChI=1S/C17H14ClN5O2/c18-13-5-1-2-6-14(13)20-17(24)23-9-12(10-23)16-21-15(22-25-16)11-4-3-7-19-8-11/h1-8,12H,9-10H2,(H,20,24). The first-order valence-corrected chi connectivity index (χ1v) is 8.13. The van der Waals surface area contributed by atoms with Gasteiger partial charge in [-0.25, -0.2) is 4.79 Å². The van der Waals surface area contributed by atoms with Crippen LogP contribution >= 0.6 is 11.6 Å². The molecule has 0 atom stereocenters. The Morgan fingerprint density at radius 3 is 2.84 bits per heavy atom. The van der Waals surface area contributed by atoms with Crippen LogP contribution < -0.4 is 5.32 Å². The summed E-state index contributed by atoms with van der Waals surface area (Å²) in [5.41, 5.74) is 1.39. The molecular weight excluding hydrogens is 342 g/mol. The van der Waals surface area contributed by atoms with Crippen LogP contribution in [0, 0.1) is 0 Å². The Labute approximate surface area is 148 Å². The minimum absolute atomic E-state index is 0.0370. The predicted octanol–water partition coefficient (Wildman–Crippen LogP) is 3.42. The van der Waals surface area contributed by atoms with E-state index in [4.69, 9.17) is 16.1 Å². The van der Waals surface area contributed by atoms with E-state index in [1.54, 1.807) is 29.4 Å². The fraction of sp³-hybridized carbons (Fsp3) is 0.176. The van der Waals surface area contributed by atoms with Crippen molar-refractivity contribution < 1.29 is 9.32 Å². The van der Waals surface area contributed by atoms with Crippen molar-refractivity contribution in [3.63, 3.8) is 0 Å². The number of amides is 2. The minimum Gasteiger partial charge on any atom is -0.339 e. The summed E-state index contributed by atoms with van der Waals surface area (Å²) in [5, 5.41) is 7.28. The number of nitrogens with zero attached hydrogens (tertiary/aromatic N) is 4. The molecule has 2 amide bonds. The summed E-state index contributed by atoms with van der Waals surface area (Å²) in [7, 11) is 0. The van der Waals surface area contributed by atoms with Crippen molar-refractivity contribution >= 4 is 23.3 Å². The molecule has 8 heteroatoms. The molecule has 1 aliphatic rings. The third kappa shape index (κ3) is 3.18. The second kappa shape index (κ2) is 6.52. The Kier molecular flexibility index (Phi) is 4.07. The second-order valence-electron chi connectivity index (χ2n) is 5.71. The van der Waals surface area contributed by atoms with E-state index < -0.39 is 0 Å². The number of urea groups is 1. The van der Waals surface area contributed by atoms with E-state index in [0.29, 0.717) is 35.5 Å². The van der Waals surface area contributed by atoms with E-state index in [2.05, 4.69) is 20.4 Å². The lowest BCUT2D eigenvalue weighted by atomic mass is 10.0. The smallest absolute Gasteiger partial charge is 0.321 e. The van der Waals surface area contributed by atoms with Crippen molar-refractivity contribution in [1.82, 2.24) is 20.0 Å². The van der Waals surface area contributed by atoms with Crippen molar-refractivity contribution in [3.8, 4) is 11.4 Å². The fourth-order valence-corrected chi connectivity index (χ4v) is 2.75. The first-order valence-electron chi connectivity index (χ1n) is 7.75. The van der Waals surface area contributed by atoms with E-state index in [1.807, 2.05) is 24.3 Å². The zero-order valence-corrected chi connectivity index (χ0v) is 13.8. The summed E-state index contributed by atoms with van der Waals surface area (Å²) in [6, 6.07) is 10.6. The van der Waals surface area contributed by atoms with Crippen LogP contribution in [0.25, 0.3) is 11.4 Å². The molecule has 0 bridgehead atoms. The molecule has 3 heterocycles. The highest BCUT2D eigenvalue weighted by Gasteiger charge is 2.35. The zero-order valence-electron chi connectivity index (χ0n) is 13.1. The summed E-state index contributed by atoms with van der Waals surface area (Å²) in [4.78, 5) is 22.3. The van der Waals surface area contributed by atoms with E-state index in [1.165, 1.54) is 0 Å². The molecular formula is C17H14ClN5O2. The average Bonchev–Trinajstić information content (AvgIpc) is 3.06. The van der Waals surface area contributed by atoms with Gasteiger partial charge in [0.25, 0.3) is 0 Å². The lowest BCUT2D eigenvalue weighted by molar-refractivity contribution is 0.147. The number of aromatic nitrogens is 3. The number of carbonyl (C=O) groups is 1. The van der Waals surface area contributed by atoms with E-state index >= 15 is 0 Å². The third-order valence-corrected chi connectivity index (χ3v) is 4.32. The first kappa shape index (κ1) is 15.6. The summed E-state index contributed by atoms with van der Waals surface area (Å²) in [5.74, 6) is 1.07. The van der Waals surface area contributed by atoms with Gasteiger partial charge in [0.15, 0.2) is 0 Å².